The molecule has 1 atom stereocenters. The van der Waals surface area contributed by atoms with E-state index in [0.29, 0.717) is 0 Å². The second-order valence-electron chi connectivity index (χ2n) is 8.66. The largest absolute Gasteiger partial charge is 0.479 e. The van der Waals surface area contributed by atoms with Crippen LogP contribution in [0.5, 0.6) is 0 Å². The summed E-state index contributed by atoms with van der Waals surface area (Å²) in [5.41, 5.74) is 2.87. The third-order valence-corrected chi connectivity index (χ3v) is 6.41. The molecule has 5 rings (SSSR count). The number of benzene rings is 2. The number of aryl methyl sites for hydroxylation is 1. The summed E-state index contributed by atoms with van der Waals surface area (Å²) >= 11 is 0. The Morgan fingerprint density at radius 2 is 1.80 bits per heavy atom. The number of aromatic nitrogens is 2. The average molecular weight is 476 g/mol. The first-order valence-electron chi connectivity index (χ1n) is 11.2. The van der Waals surface area contributed by atoms with Crippen LogP contribution in [-0.4, -0.2) is 58.2 Å². The van der Waals surface area contributed by atoms with Crippen LogP contribution in [0.3, 0.4) is 0 Å². The maximum Gasteiger partial charge on any atom is 0.411 e. The molecule has 10 nitrogen and oxygen atoms in total. The Morgan fingerprint density at radius 3 is 2.40 bits per heavy atom. The van der Waals surface area contributed by atoms with Gasteiger partial charge in [0, 0.05) is 32.2 Å². The molecule has 1 aliphatic heterocycles. The zero-order valence-corrected chi connectivity index (χ0v) is 19.0. The predicted octanol–water partition coefficient (Wildman–Crippen LogP) is 2.75. The first kappa shape index (κ1) is 22.6. The molecule has 3 aromatic rings. The molecule has 3 N–H and O–H groups in total. The van der Waals surface area contributed by atoms with Gasteiger partial charge in [-0.05, 0) is 22.3 Å². The Bertz CT molecular complexity index is 1270. The predicted molar refractivity (Wildman–Crippen MR) is 125 cm³/mol. The van der Waals surface area contributed by atoms with E-state index in [0.717, 1.165) is 22.3 Å². The number of hydrogen-bond acceptors (Lipinski definition) is 6. The second-order valence-corrected chi connectivity index (χ2v) is 8.66. The van der Waals surface area contributed by atoms with E-state index in [1.54, 1.807) is 7.05 Å². The highest BCUT2D eigenvalue weighted by Crippen LogP contribution is 2.44. The smallest absolute Gasteiger partial charge is 0.411 e. The van der Waals surface area contributed by atoms with Crippen LogP contribution in [0.25, 0.3) is 11.1 Å². The monoisotopic (exact) mass is 476 g/mol. The van der Waals surface area contributed by atoms with Crippen LogP contribution in [0, 0.1) is 0 Å². The van der Waals surface area contributed by atoms with Gasteiger partial charge < -0.3 is 19.9 Å². The van der Waals surface area contributed by atoms with Crippen LogP contribution in [0.4, 0.5) is 10.5 Å². The van der Waals surface area contributed by atoms with E-state index >= 15 is 0 Å². The van der Waals surface area contributed by atoms with Crippen molar-refractivity contribution in [3.8, 4) is 11.1 Å². The lowest BCUT2D eigenvalue weighted by Gasteiger charge is -2.23. The summed E-state index contributed by atoms with van der Waals surface area (Å²) in [6, 6.07) is 16.0. The normalized spacial score (nSPS) is 18.5. The van der Waals surface area contributed by atoms with Crippen LogP contribution < -0.4 is 10.6 Å². The van der Waals surface area contributed by atoms with Gasteiger partial charge in [-0.1, -0.05) is 48.5 Å². The molecule has 0 bridgehead atoms. The van der Waals surface area contributed by atoms with Crippen LogP contribution in [0.2, 0.25) is 0 Å². The minimum atomic E-state index is -1.53. The molecule has 2 amide bonds. The second kappa shape index (κ2) is 8.88. The van der Waals surface area contributed by atoms with Gasteiger partial charge in [0.1, 0.15) is 6.61 Å². The lowest BCUT2D eigenvalue weighted by molar-refractivity contribution is -0.144. The Labute approximate surface area is 200 Å². The highest BCUT2D eigenvalue weighted by atomic mass is 16.5. The molecule has 35 heavy (non-hydrogen) atoms. The van der Waals surface area contributed by atoms with Crippen molar-refractivity contribution in [1.29, 1.82) is 0 Å². The summed E-state index contributed by atoms with van der Waals surface area (Å²) < 4.78 is 12.1. The van der Waals surface area contributed by atoms with E-state index in [4.69, 9.17) is 9.47 Å². The minimum absolute atomic E-state index is 0.109. The average Bonchev–Trinajstić information content (AvgIpc) is 3.54. The van der Waals surface area contributed by atoms with Gasteiger partial charge in [-0.15, -0.1) is 0 Å². The Morgan fingerprint density at radius 1 is 1.14 bits per heavy atom. The number of carbonyl (C=O) groups excluding carboxylic acids is 2. The van der Waals surface area contributed by atoms with E-state index in [9.17, 15) is 19.5 Å². The molecule has 180 valence electrons. The van der Waals surface area contributed by atoms with E-state index in [1.807, 2.05) is 48.5 Å². The first-order valence-corrected chi connectivity index (χ1v) is 11.2. The van der Waals surface area contributed by atoms with Gasteiger partial charge in [0.05, 0.1) is 12.3 Å². The van der Waals surface area contributed by atoms with Gasteiger partial charge in [0.2, 0.25) is 0 Å². The van der Waals surface area contributed by atoms with Crippen molar-refractivity contribution in [3.63, 3.8) is 0 Å². The number of carbonyl (C=O) groups is 3. The summed E-state index contributed by atoms with van der Waals surface area (Å²) in [7, 11) is 1.59. The molecule has 2 aromatic carbocycles. The Kier molecular flexibility index (Phi) is 5.73. The quantitative estimate of drug-likeness (QED) is 0.498. The molecule has 10 heteroatoms. The molecular weight excluding hydrogens is 452 g/mol. The number of carboxylic acid groups (broad SMARTS) is 1. The summed E-state index contributed by atoms with van der Waals surface area (Å²) in [6.07, 6.45) is 0.844. The van der Waals surface area contributed by atoms with Crippen LogP contribution in [0.1, 0.15) is 34.0 Å². The van der Waals surface area contributed by atoms with Crippen molar-refractivity contribution < 1.29 is 29.0 Å². The molecule has 0 saturated carbocycles. The maximum atomic E-state index is 12.9. The van der Waals surface area contributed by atoms with Crippen molar-refractivity contribution in [3.05, 3.63) is 71.5 Å². The van der Waals surface area contributed by atoms with Crippen LogP contribution >= 0.6 is 0 Å². The molecular formula is C25H24N4O6. The number of rotatable bonds is 6. The fraction of sp³-hybridized carbons (Fsp3) is 0.280. The Balaban J connectivity index is 1.29. The molecule has 0 spiro atoms. The molecule has 1 aliphatic carbocycles. The molecule has 1 fully saturated rings. The summed E-state index contributed by atoms with van der Waals surface area (Å²) in [4.78, 5) is 37.3. The number of fused-ring (bicyclic) bond motifs is 3. The highest BCUT2D eigenvalue weighted by Gasteiger charge is 2.44. The maximum absolute atomic E-state index is 12.9. The zero-order valence-electron chi connectivity index (χ0n) is 19.0. The van der Waals surface area contributed by atoms with Crippen molar-refractivity contribution in [2.75, 3.05) is 25.1 Å². The van der Waals surface area contributed by atoms with Gasteiger partial charge in [-0.25, -0.2) is 9.59 Å². The third kappa shape index (κ3) is 4.12. The number of ether oxygens (including phenoxy) is 2. The van der Waals surface area contributed by atoms with E-state index in [-0.39, 0.29) is 43.5 Å². The fourth-order valence-corrected chi connectivity index (χ4v) is 4.65. The van der Waals surface area contributed by atoms with Crippen molar-refractivity contribution in [2.45, 2.75) is 17.9 Å². The summed E-state index contributed by atoms with van der Waals surface area (Å²) in [5.74, 6) is -2.03. The van der Waals surface area contributed by atoms with E-state index in [1.165, 1.54) is 10.9 Å². The standard InChI is InChI=1S/C25H24N4O6/c1-29-12-20(21(28-29)22(30)27-25(23(31)32)10-11-34-14-25)26-24(33)35-13-19-17-8-4-2-6-15(17)16-7-3-5-9-18(16)19/h2-9,12,19H,10-11,13-14H2,1H3,(H,26,33)(H,27,30)(H,31,32). The molecule has 2 heterocycles. The number of anilines is 1. The molecule has 1 saturated heterocycles. The first-order chi connectivity index (χ1) is 16.9. The number of hydrogen-bond donors (Lipinski definition) is 3. The van der Waals surface area contributed by atoms with Crippen molar-refractivity contribution >= 4 is 23.7 Å². The Hall–Kier alpha value is -4.18. The van der Waals surface area contributed by atoms with Crippen molar-refractivity contribution in [1.82, 2.24) is 15.1 Å². The third-order valence-electron chi connectivity index (χ3n) is 6.41. The van der Waals surface area contributed by atoms with Gasteiger partial charge in [0.15, 0.2) is 11.2 Å². The number of nitrogens with one attached hydrogen (secondary N) is 2. The molecule has 0 radical (unpaired) electrons. The van der Waals surface area contributed by atoms with Crippen LogP contribution in [-0.2, 0) is 21.3 Å². The number of nitrogens with zero attached hydrogens (tertiary/aromatic N) is 2. The zero-order chi connectivity index (χ0) is 24.6. The molecule has 2 aliphatic rings. The summed E-state index contributed by atoms with van der Waals surface area (Å²) in [6.45, 7) is 0.191. The van der Waals surface area contributed by atoms with Gasteiger partial charge in [0.25, 0.3) is 5.91 Å². The minimum Gasteiger partial charge on any atom is -0.479 e. The number of aliphatic carboxylic acids is 1. The lowest BCUT2D eigenvalue weighted by atomic mass is 9.98. The lowest BCUT2D eigenvalue weighted by Crippen LogP contribution is -2.55. The topological polar surface area (TPSA) is 132 Å². The van der Waals surface area contributed by atoms with Gasteiger partial charge in [-0.2, -0.15) is 5.10 Å². The molecule has 1 unspecified atom stereocenters. The van der Waals surface area contributed by atoms with Crippen LogP contribution in [0.15, 0.2) is 54.7 Å². The van der Waals surface area contributed by atoms with Gasteiger partial charge >= 0.3 is 12.1 Å². The number of carboxylic acids is 1. The van der Waals surface area contributed by atoms with E-state index in [2.05, 4.69) is 15.7 Å². The number of amides is 2. The highest BCUT2D eigenvalue weighted by molar-refractivity contribution is 6.03. The SMILES string of the molecule is Cn1cc(NC(=O)OCC2c3ccccc3-c3ccccc32)c(C(=O)NC2(C(=O)O)CCOC2)n1. The summed E-state index contributed by atoms with van der Waals surface area (Å²) in [5, 5.41) is 18.7. The van der Waals surface area contributed by atoms with Crippen molar-refractivity contribution in [2.24, 2.45) is 7.05 Å². The molecule has 1 aromatic heterocycles. The van der Waals surface area contributed by atoms with E-state index < -0.39 is 23.5 Å². The fourth-order valence-electron chi connectivity index (χ4n) is 4.65. The van der Waals surface area contributed by atoms with Gasteiger partial charge in [-0.3, -0.25) is 14.8 Å².